The minimum absolute atomic E-state index is 0.0990. The Morgan fingerprint density at radius 3 is 2.86 bits per heavy atom. The molecule has 114 valence electrons. The summed E-state index contributed by atoms with van der Waals surface area (Å²) < 4.78 is 1.82. The molecule has 21 heavy (non-hydrogen) atoms. The summed E-state index contributed by atoms with van der Waals surface area (Å²) in [4.78, 5) is 4.50. The van der Waals surface area contributed by atoms with Crippen LogP contribution in [-0.2, 0) is 13.6 Å². The van der Waals surface area contributed by atoms with Gasteiger partial charge in [0, 0.05) is 43.7 Å². The summed E-state index contributed by atoms with van der Waals surface area (Å²) >= 11 is 0. The lowest BCUT2D eigenvalue weighted by Gasteiger charge is -2.26. The summed E-state index contributed by atoms with van der Waals surface area (Å²) in [6.07, 6.45) is 6.66. The second-order valence-corrected chi connectivity index (χ2v) is 6.39. The molecular formula is C16H24N4O. The fourth-order valence-electron chi connectivity index (χ4n) is 3.44. The number of aromatic nitrogens is 3. The monoisotopic (exact) mass is 288 g/mol. The number of rotatable bonds is 5. The Morgan fingerprint density at radius 2 is 2.14 bits per heavy atom. The highest BCUT2D eigenvalue weighted by atomic mass is 16.3. The Hall–Kier alpha value is -1.46. The molecular weight excluding hydrogens is 264 g/mol. The van der Waals surface area contributed by atoms with Crippen LogP contribution in [0, 0.1) is 12.3 Å². The molecule has 0 radical (unpaired) electrons. The molecule has 2 aromatic rings. The van der Waals surface area contributed by atoms with E-state index in [0.29, 0.717) is 6.61 Å². The van der Waals surface area contributed by atoms with Crippen LogP contribution in [0.15, 0.2) is 12.3 Å². The third-order valence-electron chi connectivity index (χ3n) is 4.75. The van der Waals surface area contributed by atoms with Crippen LogP contribution in [0.2, 0.25) is 0 Å². The van der Waals surface area contributed by atoms with Crippen molar-refractivity contribution in [3.63, 3.8) is 0 Å². The molecule has 2 N–H and O–H groups in total. The lowest BCUT2D eigenvalue weighted by atomic mass is 9.87. The van der Waals surface area contributed by atoms with Crippen LogP contribution < -0.4 is 5.32 Å². The predicted octanol–water partition coefficient (Wildman–Crippen LogP) is 1.92. The Balaban J connectivity index is 1.66. The van der Waals surface area contributed by atoms with Crippen molar-refractivity contribution < 1.29 is 5.11 Å². The van der Waals surface area contributed by atoms with E-state index in [4.69, 9.17) is 0 Å². The van der Waals surface area contributed by atoms with Crippen molar-refractivity contribution in [1.29, 1.82) is 0 Å². The summed E-state index contributed by atoms with van der Waals surface area (Å²) in [6, 6.07) is 2.16. The van der Waals surface area contributed by atoms with Crippen LogP contribution in [0.25, 0.3) is 11.0 Å². The smallest absolute Gasteiger partial charge is 0.157 e. The summed E-state index contributed by atoms with van der Waals surface area (Å²) in [5.41, 5.74) is 3.22. The third kappa shape index (κ3) is 2.80. The zero-order chi connectivity index (χ0) is 14.9. The predicted molar refractivity (Wildman–Crippen MR) is 82.9 cm³/mol. The van der Waals surface area contributed by atoms with Gasteiger partial charge in [0.05, 0.1) is 5.69 Å². The maximum absolute atomic E-state index is 9.63. The average molecular weight is 288 g/mol. The molecule has 0 aliphatic heterocycles. The SMILES string of the molecule is Cc1nn(C)c2ncc(CNCC3(CO)CCCC3)cc12. The van der Waals surface area contributed by atoms with E-state index in [0.717, 1.165) is 42.7 Å². The van der Waals surface area contributed by atoms with Gasteiger partial charge in [-0.25, -0.2) is 4.98 Å². The van der Waals surface area contributed by atoms with E-state index in [-0.39, 0.29) is 5.41 Å². The van der Waals surface area contributed by atoms with Crippen molar-refractivity contribution in [2.45, 2.75) is 39.2 Å². The van der Waals surface area contributed by atoms with Gasteiger partial charge >= 0.3 is 0 Å². The summed E-state index contributed by atoms with van der Waals surface area (Å²) in [6.45, 7) is 3.98. The first kappa shape index (κ1) is 14.5. The van der Waals surface area contributed by atoms with Gasteiger partial charge in [-0.3, -0.25) is 4.68 Å². The summed E-state index contributed by atoms with van der Waals surface area (Å²) in [5, 5.41) is 18.6. The number of nitrogens with zero attached hydrogens (tertiary/aromatic N) is 3. The molecule has 0 aromatic carbocycles. The Morgan fingerprint density at radius 1 is 1.38 bits per heavy atom. The molecule has 3 rings (SSSR count). The zero-order valence-corrected chi connectivity index (χ0v) is 12.9. The van der Waals surface area contributed by atoms with Crippen molar-refractivity contribution >= 4 is 11.0 Å². The quantitative estimate of drug-likeness (QED) is 0.882. The maximum atomic E-state index is 9.63. The maximum Gasteiger partial charge on any atom is 0.157 e. The van der Waals surface area contributed by atoms with Crippen molar-refractivity contribution in [2.24, 2.45) is 12.5 Å². The molecule has 1 aliphatic rings. The fraction of sp³-hybridized carbons (Fsp3) is 0.625. The van der Waals surface area contributed by atoms with Crippen LogP contribution in [0.5, 0.6) is 0 Å². The number of hydrogen-bond acceptors (Lipinski definition) is 4. The van der Waals surface area contributed by atoms with Gasteiger partial charge in [0.2, 0.25) is 0 Å². The van der Waals surface area contributed by atoms with Crippen LogP contribution in [0.3, 0.4) is 0 Å². The Kier molecular flexibility index (Phi) is 3.95. The van der Waals surface area contributed by atoms with Crippen LogP contribution in [0.1, 0.15) is 36.9 Å². The minimum atomic E-state index is 0.0990. The van der Waals surface area contributed by atoms with Gasteiger partial charge < -0.3 is 10.4 Å². The second-order valence-electron chi connectivity index (χ2n) is 6.39. The molecule has 0 amide bonds. The first-order valence-corrected chi connectivity index (χ1v) is 7.73. The molecule has 0 bridgehead atoms. The first-order chi connectivity index (χ1) is 10.1. The van der Waals surface area contributed by atoms with Gasteiger partial charge in [0.25, 0.3) is 0 Å². The van der Waals surface area contributed by atoms with Crippen molar-refractivity contribution in [1.82, 2.24) is 20.1 Å². The van der Waals surface area contributed by atoms with E-state index < -0.39 is 0 Å². The third-order valence-corrected chi connectivity index (χ3v) is 4.75. The van der Waals surface area contributed by atoms with Gasteiger partial charge in [-0.15, -0.1) is 0 Å². The standard InChI is InChI=1S/C16H24N4O/c1-12-14-7-13(9-18-15(14)20(2)19-12)8-17-10-16(11-21)5-3-4-6-16/h7,9,17,21H,3-6,8,10-11H2,1-2H3. The van der Waals surface area contributed by atoms with E-state index in [2.05, 4.69) is 21.5 Å². The summed E-state index contributed by atoms with van der Waals surface area (Å²) in [5.74, 6) is 0. The number of hydrogen-bond donors (Lipinski definition) is 2. The van der Waals surface area contributed by atoms with E-state index in [1.807, 2.05) is 24.9 Å². The number of fused-ring (bicyclic) bond motifs is 1. The highest BCUT2D eigenvalue weighted by Crippen LogP contribution is 2.36. The number of nitrogens with one attached hydrogen (secondary N) is 1. The average Bonchev–Trinajstić information content (AvgIpc) is 3.06. The van der Waals surface area contributed by atoms with Gasteiger partial charge in [-0.05, 0) is 31.4 Å². The number of aryl methyl sites for hydroxylation is 2. The molecule has 5 heteroatoms. The van der Waals surface area contributed by atoms with Crippen LogP contribution in [-0.4, -0.2) is 33.0 Å². The highest BCUT2D eigenvalue weighted by molar-refractivity contribution is 5.78. The lowest BCUT2D eigenvalue weighted by molar-refractivity contribution is 0.128. The molecule has 1 aliphatic carbocycles. The van der Waals surface area contributed by atoms with E-state index in [1.54, 1.807) is 0 Å². The molecule has 2 aromatic heterocycles. The molecule has 0 saturated heterocycles. The molecule has 1 fully saturated rings. The normalized spacial score (nSPS) is 17.7. The molecule has 2 heterocycles. The minimum Gasteiger partial charge on any atom is -0.396 e. The lowest BCUT2D eigenvalue weighted by Crippen LogP contribution is -2.34. The summed E-state index contributed by atoms with van der Waals surface area (Å²) in [7, 11) is 1.92. The van der Waals surface area contributed by atoms with Crippen molar-refractivity contribution in [3.8, 4) is 0 Å². The van der Waals surface area contributed by atoms with E-state index in [1.165, 1.54) is 18.4 Å². The second kappa shape index (κ2) is 5.73. The zero-order valence-electron chi connectivity index (χ0n) is 12.9. The number of aliphatic hydroxyl groups excluding tert-OH is 1. The Labute approximate surface area is 125 Å². The van der Waals surface area contributed by atoms with Gasteiger partial charge in [-0.1, -0.05) is 12.8 Å². The van der Waals surface area contributed by atoms with Crippen molar-refractivity contribution in [3.05, 3.63) is 23.5 Å². The molecule has 0 spiro atoms. The fourth-order valence-corrected chi connectivity index (χ4v) is 3.44. The van der Waals surface area contributed by atoms with E-state index in [9.17, 15) is 5.11 Å². The van der Waals surface area contributed by atoms with Gasteiger partial charge in [-0.2, -0.15) is 5.10 Å². The van der Waals surface area contributed by atoms with Crippen LogP contribution in [0.4, 0.5) is 0 Å². The number of pyridine rings is 1. The van der Waals surface area contributed by atoms with Gasteiger partial charge in [0.15, 0.2) is 5.65 Å². The topological polar surface area (TPSA) is 63.0 Å². The van der Waals surface area contributed by atoms with Gasteiger partial charge in [0.1, 0.15) is 0 Å². The number of aliphatic hydroxyl groups is 1. The highest BCUT2D eigenvalue weighted by Gasteiger charge is 2.32. The first-order valence-electron chi connectivity index (χ1n) is 7.73. The van der Waals surface area contributed by atoms with Crippen LogP contribution >= 0.6 is 0 Å². The molecule has 5 nitrogen and oxygen atoms in total. The molecule has 0 unspecified atom stereocenters. The van der Waals surface area contributed by atoms with Crippen molar-refractivity contribution in [2.75, 3.05) is 13.2 Å². The van der Waals surface area contributed by atoms with E-state index >= 15 is 0 Å². The molecule has 1 saturated carbocycles. The molecule has 0 atom stereocenters. The Bertz CT molecular complexity index is 628. The largest absolute Gasteiger partial charge is 0.396 e.